The van der Waals surface area contributed by atoms with E-state index in [1.54, 1.807) is 55.5 Å². The minimum Gasteiger partial charge on any atom is -0.507 e. The van der Waals surface area contributed by atoms with Crippen molar-refractivity contribution in [1.82, 2.24) is 4.90 Å². The van der Waals surface area contributed by atoms with Gasteiger partial charge in [-0.2, -0.15) is 13.2 Å². The summed E-state index contributed by atoms with van der Waals surface area (Å²) in [4.78, 5) is 27.5. The van der Waals surface area contributed by atoms with Gasteiger partial charge in [-0.1, -0.05) is 42.5 Å². The van der Waals surface area contributed by atoms with Crippen molar-refractivity contribution in [1.29, 1.82) is 0 Å². The third-order valence-electron chi connectivity index (χ3n) is 6.01. The molecule has 1 N–H and O–H groups in total. The molecule has 0 aromatic heterocycles. The van der Waals surface area contributed by atoms with Crippen molar-refractivity contribution in [2.75, 3.05) is 6.61 Å². The number of hydrogen-bond acceptors (Lipinski definition) is 4. The Morgan fingerprint density at radius 3 is 2.36 bits per heavy atom. The number of aliphatic hydroxyl groups excluding tert-OH is 1. The zero-order valence-corrected chi connectivity index (χ0v) is 19.7. The molecule has 0 aliphatic carbocycles. The van der Waals surface area contributed by atoms with Crippen molar-refractivity contribution in [3.05, 3.63) is 106 Å². The summed E-state index contributed by atoms with van der Waals surface area (Å²) in [5.41, 5.74) is 0.848. The minimum absolute atomic E-state index is 0.123. The average molecular weight is 495 g/mol. The van der Waals surface area contributed by atoms with Gasteiger partial charge in [-0.25, -0.2) is 0 Å². The second-order valence-electron chi connectivity index (χ2n) is 8.45. The van der Waals surface area contributed by atoms with E-state index in [4.69, 9.17) is 4.74 Å². The Labute approximate surface area is 206 Å². The fourth-order valence-electron chi connectivity index (χ4n) is 4.34. The molecule has 1 unspecified atom stereocenters. The van der Waals surface area contributed by atoms with Crippen LogP contribution in [0.4, 0.5) is 13.2 Å². The number of ether oxygens (including phenoxy) is 1. The summed E-state index contributed by atoms with van der Waals surface area (Å²) < 4.78 is 45.3. The van der Waals surface area contributed by atoms with Crippen molar-refractivity contribution in [2.24, 2.45) is 0 Å². The summed E-state index contributed by atoms with van der Waals surface area (Å²) in [5, 5.41) is 11.2. The monoisotopic (exact) mass is 495 g/mol. The number of alkyl halides is 3. The van der Waals surface area contributed by atoms with E-state index in [-0.39, 0.29) is 23.4 Å². The Morgan fingerprint density at radius 1 is 1.00 bits per heavy atom. The Bertz CT molecular complexity index is 1330. The van der Waals surface area contributed by atoms with Crippen LogP contribution in [0.5, 0.6) is 5.75 Å². The molecular weight excluding hydrogens is 471 g/mol. The van der Waals surface area contributed by atoms with Crippen LogP contribution in [-0.4, -0.2) is 28.3 Å². The molecule has 3 aromatic rings. The van der Waals surface area contributed by atoms with E-state index in [1.807, 2.05) is 6.92 Å². The van der Waals surface area contributed by atoms with Gasteiger partial charge in [0.25, 0.3) is 11.7 Å². The molecule has 0 radical (unpaired) electrons. The molecule has 186 valence electrons. The molecule has 1 heterocycles. The Kier molecular flexibility index (Phi) is 6.88. The van der Waals surface area contributed by atoms with E-state index in [0.29, 0.717) is 23.5 Å². The summed E-state index contributed by atoms with van der Waals surface area (Å²) in [6.07, 6.45) is -4.55. The van der Waals surface area contributed by atoms with E-state index in [0.717, 1.165) is 17.7 Å². The van der Waals surface area contributed by atoms with Gasteiger partial charge < -0.3 is 14.7 Å². The van der Waals surface area contributed by atoms with Gasteiger partial charge in [-0.15, -0.1) is 0 Å². The fourth-order valence-corrected chi connectivity index (χ4v) is 4.34. The first-order valence-corrected chi connectivity index (χ1v) is 11.3. The smallest absolute Gasteiger partial charge is 0.416 e. The zero-order valence-electron chi connectivity index (χ0n) is 19.7. The lowest BCUT2D eigenvalue weighted by molar-refractivity contribution is -0.140. The number of carbonyl (C=O) groups excluding carboxylic acids is 2. The number of nitrogens with zero attached hydrogens (tertiary/aromatic N) is 1. The molecule has 3 aromatic carbocycles. The average Bonchev–Trinajstić information content (AvgIpc) is 3.10. The minimum atomic E-state index is -4.55. The highest BCUT2D eigenvalue weighted by atomic mass is 19.4. The lowest BCUT2D eigenvalue weighted by Crippen LogP contribution is -2.29. The van der Waals surface area contributed by atoms with Gasteiger partial charge in [0, 0.05) is 12.1 Å². The van der Waals surface area contributed by atoms with Gasteiger partial charge in [0.1, 0.15) is 11.5 Å². The largest absolute Gasteiger partial charge is 0.507 e. The molecule has 1 saturated heterocycles. The highest BCUT2D eigenvalue weighted by Crippen LogP contribution is 2.41. The number of likely N-dealkylation sites (tertiary alicyclic amines) is 1. The lowest BCUT2D eigenvalue weighted by Gasteiger charge is -2.25. The number of Topliss-reactive ketones (excluding diaryl/α,β-unsaturated/α-hetero) is 1. The molecule has 1 fully saturated rings. The number of aryl methyl sites for hydroxylation is 1. The Balaban J connectivity index is 1.81. The molecule has 36 heavy (non-hydrogen) atoms. The van der Waals surface area contributed by atoms with E-state index >= 15 is 0 Å². The van der Waals surface area contributed by atoms with Crippen LogP contribution in [0.15, 0.2) is 78.4 Å². The van der Waals surface area contributed by atoms with E-state index in [2.05, 4.69) is 0 Å². The molecular formula is C28H24F3NO4. The van der Waals surface area contributed by atoms with Gasteiger partial charge in [-0.3, -0.25) is 9.59 Å². The number of amides is 1. The molecule has 0 spiro atoms. The number of halogens is 3. The molecule has 1 atom stereocenters. The van der Waals surface area contributed by atoms with Gasteiger partial charge in [0.2, 0.25) is 0 Å². The number of hydrogen-bond donors (Lipinski definition) is 1. The normalized spacial score (nSPS) is 17.5. The van der Waals surface area contributed by atoms with Gasteiger partial charge in [-0.05, 0) is 60.9 Å². The first-order chi connectivity index (χ1) is 17.1. The van der Waals surface area contributed by atoms with Crippen LogP contribution in [0.1, 0.15) is 40.8 Å². The summed E-state index contributed by atoms with van der Waals surface area (Å²) >= 11 is 0. The Hall–Kier alpha value is -4.07. The van der Waals surface area contributed by atoms with E-state index < -0.39 is 29.5 Å². The van der Waals surface area contributed by atoms with Crippen LogP contribution in [-0.2, 0) is 22.3 Å². The molecule has 4 rings (SSSR count). The Morgan fingerprint density at radius 2 is 1.72 bits per heavy atom. The molecule has 1 aliphatic rings. The summed E-state index contributed by atoms with van der Waals surface area (Å²) in [7, 11) is 0. The summed E-state index contributed by atoms with van der Waals surface area (Å²) in [5.74, 6) is -1.54. The predicted octanol–water partition coefficient (Wildman–Crippen LogP) is 6.03. The van der Waals surface area contributed by atoms with Crippen molar-refractivity contribution in [3.63, 3.8) is 0 Å². The van der Waals surface area contributed by atoms with Crippen LogP contribution in [0, 0.1) is 6.92 Å². The first kappa shape index (κ1) is 25.0. The standard InChI is InChI=1S/C28H24F3NO4/c1-3-36-22-13-12-20(14-17(22)2)25(33)23-24(19-9-5-4-6-10-19)32(27(35)26(23)34)16-18-8-7-11-21(15-18)28(29,30)31/h4-15,24,33H,3,16H2,1-2H3/b25-23+. The number of aliphatic hydroxyl groups is 1. The van der Waals surface area contributed by atoms with Crippen LogP contribution in [0.25, 0.3) is 5.76 Å². The first-order valence-electron chi connectivity index (χ1n) is 11.3. The molecule has 0 saturated carbocycles. The third-order valence-corrected chi connectivity index (χ3v) is 6.01. The fraction of sp³-hybridized carbons (Fsp3) is 0.214. The van der Waals surface area contributed by atoms with Crippen molar-refractivity contribution < 1.29 is 32.6 Å². The van der Waals surface area contributed by atoms with Gasteiger partial charge in [0.15, 0.2) is 0 Å². The van der Waals surface area contributed by atoms with Gasteiger partial charge in [0.05, 0.1) is 23.8 Å². The maximum absolute atomic E-state index is 13.2. The quantitative estimate of drug-likeness (QED) is 0.257. The van der Waals surface area contributed by atoms with Crippen LogP contribution in [0.2, 0.25) is 0 Å². The van der Waals surface area contributed by atoms with E-state index in [1.165, 1.54) is 17.0 Å². The SMILES string of the molecule is CCOc1ccc(/C(O)=C2\C(=O)C(=O)N(Cc3cccc(C(F)(F)F)c3)C2c2ccccc2)cc1C. The van der Waals surface area contributed by atoms with Gasteiger partial charge >= 0.3 is 6.18 Å². The van der Waals surface area contributed by atoms with Crippen molar-refractivity contribution >= 4 is 17.4 Å². The second kappa shape index (κ2) is 9.89. The van der Waals surface area contributed by atoms with Crippen LogP contribution in [0.3, 0.4) is 0 Å². The van der Waals surface area contributed by atoms with Crippen LogP contribution < -0.4 is 4.74 Å². The molecule has 0 bridgehead atoms. The lowest BCUT2D eigenvalue weighted by atomic mass is 9.94. The summed E-state index contributed by atoms with van der Waals surface area (Å²) in [6.45, 7) is 3.86. The highest BCUT2D eigenvalue weighted by Gasteiger charge is 2.46. The molecule has 8 heteroatoms. The number of benzene rings is 3. The van der Waals surface area contributed by atoms with Crippen molar-refractivity contribution in [2.45, 2.75) is 32.6 Å². The molecule has 1 amide bonds. The summed E-state index contributed by atoms with van der Waals surface area (Å²) in [6, 6.07) is 17.2. The molecule has 1 aliphatic heterocycles. The topological polar surface area (TPSA) is 66.8 Å². The number of rotatable bonds is 6. The highest BCUT2D eigenvalue weighted by molar-refractivity contribution is 6.46. The van der Waals surface area contributed by atoms with Crippen molar-refractivity contribution in [3.8, 4) is 5.75 Å². The second-order valence-corrected chi connectivity index (χ2v) is 8.45. The molecule has 5 nitrogen and oxygen atoms in total. The zero-order chi connectivity index (χ0) is 26.0. The number of carbonyl (C=O) groups is 2. The van der Waals surface area contributed by atoms with E-state index in [9.17, 15) is 27.9 Å². The predicted molar refractivity (Wildman–Crippen MR) is 128 cm³/mol. The number of ketones is 1. The maximum atomic E-state index is 13.2. The third kappa shape index (κ3) is 4.84. The maximum Gasteiger partial charge on any atom is 0.416 e. The van der Waals surface area contributed by atoms with Crippen LogP contribution >= 0.6 is 0 Å².